The van der Waals surface area contributed by atoms with E-state index in [1.165, 1.54) is 7.11 Å². The third-order valence-electron chi connectivity index (χ3n) is 11.6. The minimum absolute atomic E-state index is 0.00629. The monoisotopic (exact) mass is 922 g/mol. The number of ketones is 1. The minimum Gasteiger partial charge on any atom is -0.497 e. The third kappa shape index (κ3) is 10.1. The molecule has 2 aromatic heterocycles. The van der Waals surface area contributed by atoms with E-state index >= 15 is 4.79 Å². The van der Waals surface area contributed by atoms with Crippen LogP contribution in [-0.4, -0.2) is 55.2 Å². The fourth-order valence-electron chi connectivity index (χ4n) is 8.03. The summed E-state index contributed by atoms with van der Waals surface area (Å²) in [7, 11) is 4.58. The van der Waals surface area contributed by atoms with E-state index < -0.39 is 17.5 Å². The molecule has 2 heterocycles. The average molecular weight is 924 g/mol. The van der Waals surface area contributed by atoms with Crippen molar-refractivity contribution in [3.8, 4) is 22.6 Å². The Hall–Kier alpha value is -6.56. The molecule has 7 aromatic rings. The molecule has 0 bridgehead atoms. The largest absolute Gasteiger partial charge is 0.497 e. The topological polar surface area (TPSA) is 115 Å². The van der Waals surface area contributed by atoms with Gasteiger partial charge in [-0.25, -0.2) is 0 Å². The van der Waals surface area contributed by atoms with Gasteiger partial charge in [0.05, 0.1) is 44.2 Å². The van der Waals surface area contributed by atoms with Crippen LogP contribution < -0.4 is 9.47 Å². The molecule has 64 heavy (non-hydrogen) atoms. The van der Waals surface area contributed by atoms with Crippen LogP contribution in [0, 0.1) is 5.92 Å². The van der Waals surface area contributed by atoms with E-state index in [2.05, 4.69) is 60.5 Å². The predicted molar refractivity (Wildman–Crippen MR) is 250 cm³/mol. The van der Waals surface area contributed by atoms with Crippen LogP contribution in [0.1, 0.15) is 70.9 Å². The molecule has 11 heteroatoms. The van der Waals surface area contributed by atoms with Crippen molar-refractivity contribution < 1.29 is 38.1 Å². The van der Waals surface area contributed by atoms with Gasteiger partial charge < -0.3 is 28.3 Å². The second-order valence-electron chi connectivity index (χ2n) is 15.4. The van der Waals surface area contributed by atoms with Crippen LogP contribution in [0.5, 0.6) is 11.5 Å². The maximum absolute atomic E-state index is 15.1. The van der Waals surface area contributed by atoms with Crippen LogP contribution in [0.15, 0.2) is 150 Å². The molecule has 0 fully saturated rings. The zero-order valence-corrected chi connectivity index (χ0v) is 38.0. The Labute approximate surface area is 382 Å². The van der Waals surface area contributed by atoms with Gasteiger partial charge in [0.25, 0.3) is 0 Å². The Morgan fingerprint density at radius 2 is 1.33 bits per heavy atom. The second kappa shape index (κ2) is 21.2. The number of hydrogen-bond donors (Lipinski definition) is 0. The number of ether oxygens (including phenoxy) is 5. The Kier molecular flexibility index (Phi) is 15.1. The van der Waals surface area contributed by atoms with Crippen molar-refractivity contribution in [1.82, 2.24) is 9.55 Å². The zero-order valence-electron chi connectivity index (χ0n) is 36.4. The van der Waals surface area contributed by atoms with Crippen LogP contribution in [-0.2, 0) is 42.6 Å². The quantitative estimate of drug-likeness (QED) is 0.0419. The summed E-state index contributed by atoms with van der Waals surface area (Å²) in [6.45, 7) is 2.79. The summed E-state index contributed by atoms with van der Waals surface area (Å²) in [4.78, 5) is 43.2. The van der Waals surface area contributed by atoms with Crippen LogP contribution in [0.2, 0.25) is 0 Å². The van der Waals surface area contributed by atoms with Crippen molar-refractivity contribution in [3.05, 3.63) is 184 Å². The Balaban J connectivity index is 1.21. The maximum atomic E-state index is 15.1. The normalized spacial score (nSPS) is 11.8. The summed E-state index contributed by atoms with van der Waals surface area (Å²) in [5.74, 6) is 0.149. The fourth-order valence-corrected chi connectivity index (χ4v) is 8.78. The number of methoxy groups -OCH3 is 3. The smallest absolute Gasteiger partial charge is 0.306 e. The molecule has 10 nitrogen and oxygen atoms in total. The van der Waals surface area contributed by atoms with Crippen LogP contribution >= 0.6 is 15.9 Å². The van der Waals surface area contributed by atoms with Gasteiger partial charge in [-0.1, -0.05) is 104 Å². The van der Waals surface area contributed by atoms with Gasteiger partial charge in [0.1, 0.15) is 29.4 Å². The lowest BCUT2D eigenvalue weighted by Crippen LogP contribution is -2.34. The lowest BCUT2D eigenvalue weighted by atomic mass is 9.80. The Morgan fingerprint density at radius 1 is 0.703 bits per heavy atom. The van der Waals surface area contributed by atoms with E-state index in [-0.39, 0.29) is 37.8 Å². The number of nitrogens with zero attached hydrogens (tertiary/aromatic N) is 2. The molecule has 1 unspecified atom stereocenters. The molecule has 5 aromatic carbocycles. The molecule has 0 aliphatic carbocycles. The molecule has 0 saturated carbocycles. The van der Waals surface area contributed by atoms with E-state index in [0.717, 1.165) is 65.8 Å². The second-order valence-corrected chi connectivity index (χ2v) is 16.2. The zero-order chi connectivity index (χ0) is 45.1. The molecule has 0 aliphatic heterocycles. The van der Waals surface area contributed by atoms with Gasteiger partial charge >= 0.3 is 11.9 Å². The number of halogens is 1. The van der Waals surface area contributed by atoms with Crippen molar-refractivity contribution in [2.75, 3.05) is 27.9 Å². The summed E-state index contributed by atoms with van der Waals surface area (Å²) in [6, 6.07) is 43.9. The van der Waals surface area contributed by atoms with Gasteiger partial charge in [0, 0.05) is 42.4 Å². The van der Waals surface area contributed by atoms with E-state index in [4.69, 9.17) is 18.9 Å². The van der Waals surface area contributed by atoms with Crippen molar-refractivity contribution in [2.45, 2.75) is 51.4 Å². The number of Topliss-reactive ketones (excluding diaryl/α,β-unsaturated/α-hetero) is 1. The van der Waals surface area contributed by atoms with E-state index in [0.29, 0.717) is 25.1 Å². The number of rotatable bonds is 20. The number of fused-ring (bicyclic) bond motifs is 1. The molecule has 1 atom stereocenters. The van der Waals surface area contributed by atoms with Gasteiger partial charge in [-0.05, 0) is 98.6 Å². The summed E-state index contributed by atoms with van der Waals surface area (Å²) >= 11 is 3.90. The summed E-state index contributed by atoms with van der Waals surface area (Å²) in [5, 5.41) is 0.916. The first-order valence-electron chi connectivity index (χ1n) is 21.2. The maximum Gasteiger partial charge on any atom is 0.306 e. The molecule has 0 radical (unpaired) electrons. The highest BCUT2D eigenvalue weighted by atomic mass is 79.9. The van der Waals surface area contributed by atoms with E-state index in [1.807, 2.05) is 116 Å². The summed E-state index contributed by atoms with van der Waals surface area (Å²) < 4.78 is 31.1. The Bertz CT molecular complexity index is 2620. The highest BCUT2D eigenvalue weighted by molar-refractivity contribution is 9.10. The fraction of sp³-hybridized carbons (Fsp3) is 0.245. The van der Waals surface area contributed by atoms with E-state index in [1.54, 1.807) is 20.4 Å². The molecule has 0 spiro atoms. The van der Waals surface area contributed by atoms with Crippen LogP contribution in [0.3, 0.4) is 0 Å². The number of pyridine rings is 1. The van der Waals surface area contributed by atoms with Gasteiger partial charge in [-0.3, -0.25) is 19.4 Å². The number of carbonyl (C=O) groups excluding carboxylic acids is 3. The van der Waals surface area contributed by atoms with Crippen molar-refractivity contribution in [3.63, 3.8) is 0 Å². The SMILES string of the molecule is CCC(CCOC(c1ccccc1)(c1ccc(OC)cc1)c1ccc(OC)cc1)C(=O)c1c(Br)c2ccc(-c3cccnc3)cc2n1Cc1ccc(COC(=O)CCC(=O)OC)cc1. The van der Waals surface area contributed by atoms with Gasteiger partial charge in [0.15, 0.2) is 5.78 Å². The first-order chi connectivity index (χ1) is 31.2. The van der Waals surface area contributed by atoms with Gasteiger partial charge in [0.2, 0.25) is 0 Å². The number of carbonyl (C=O) groups is 3. The first kappa shape index (κ1) is 45.5. The van der Waals surface area contributed by atoms with Crippen LogP contribution in [0.25, 0.3) is 22.0 Å². The third-order valence-corrected chi connectivity index (χ3v) is 12.4. The number of aromatic nitrogens is 2. The molecule has 7 rings (SSSR count). The highest BCUT2D eigenvalue weighted by Gasteiger charge is 2.38. The standard InChI is InChI=1S/C53H51BrN2O8/c1-5-38(29-31-64-53(41-11-7-6-8-12-41,42-18-22-44(60-2)23-19-42)43-20-24-45(61-3)25-21-43)52(59)51-50(54)46-26-17-39(40-10-9-30-55-33-40)32-47(46)56(51)34-36-13-15-37(16-14-36)35-63-49(58)28-27-48(57)62-4/h6-26,30,32-33,38H,5,27-29,31,34-35H2,1-4H3. The molecule has 0 saturated heterocycles. The lowest BCUT2D eigenvalue weighted by Gasteiger charge is -2.36. The predicted octanol–water partition coefficient (Wildman–Crippen LogP) is 11.1. The number of benzene rings is 5. The molecule has 0 aliphatic rings. The van der Waals surface area contributed by atoms with Crippen molar-refractivity contribution in [2.24, 2.45) is 5.92 Å². The number of esters is 2. The van der Waals surface area contributed by atoms with Crippen LogP contribution in [0.4, 0.5) is 0 Å². The number of hydrogen-bond acceptors (Lipinski definition) is 9. The van der Waals surface area contributed by atoms with Crippen molar-refractivity contribution in [1.29, 1.82) is 0 Å². The molecule has 0 amide bonds. The van der Waals surface area contributed by atoms with Crippen molar-refractivity contribution >= 4 is 44.6 Å². The average Bonchev–Trinajstić information content (AvgIpc) is 3.62. The first-order valence-corrected chi connectivity index (χ1v) is 22.0. The van der Waals surface area contributed by atoms with E-state index in [9.17, 15) is 9.59 Å². The molecule has 328 valence electrons. The van der Waals surface area contributed by atoms with Gasteiger partial charge in [-0.2, -0.15) is 0 Å². The highest BCUT2D eigenvalue weighted by Crippen LogP contribution is 2.43. The lowest BCUT2D eigenvalue weighted by molar-refractivity contribution is -0.149. The minimum atomic E-state index is -1.02. The Morgan fingerprint density at radius 3 is 1.92 bits per heavy atom. The molecule has 0 N–H and O–H groups in total. The summed E-state index contributed by atoms with van der Waals surface area (Å²) in [5.41, 5.74) is 6.92. The molecular formula is C53H51BrN2O8. The van der Waals surface area contributed by atoms with Gasteiger partial charge in [-0.15, -0.1) is 0 Å². The molecular weight excluding hydrogens is 872 g/mol. The summed E-state index contributed by atoms with van der Waals surface area (Å²) in [6.07, 6.45) is 4.54.